The Morgan fingerprint density at radius 2 is 1.81 bits per heavy atom. The van der Waals surface area contributed by atoms with Crippen LogP contribution in [-0.2, 0) is 18.0 Å². The molecule has 2 N–H and O–H groups in total. The van der Waals surface area contributed by atoms with Crippen molar-refractivity contribution < 1.29 is 32.2 Å². The van der Waals surface area contributed by atoms with Crippen LogP contribution in [0, 0.1) is 0 Å². The fraction of sp³-hybridized carbons (Fsp3) is 0.500. The third kappa shape index (κ3) is 6.17. The first-order chi connectivity index (χ1) is 16.5. The number of hydrogen-bond donors (Lipinski definition) is 2. The lowest BCUT2D eigenvalue weighted by Gasteiger charge is -2.36. The van der Waals surface area contributed by atoms with Crippen LogP contribution in [0.25, 0.3) is 11.2 Å². The number of nitrogens with one attached hydrogen (secondary N) is 1. The number of aliphatic hydroxyl groups excluding tert-OH is 1. The summed E-state index contributed by atoms with van der Waals surface area (Å²) in [5, 5.41) is 10.4. The number of nitrogens with zero attached hydrogens (tertiary/aromatic N) is 3. The Morgan fingerprint density at radius 1 is 1.17 bits per heavy atom. The zero-order valence-electron chi connectivity index (χ0n) is 20.8. The van der Waals surface area contributed by atoms with Gasteiger partial charge < -0.3 is 24.0 Å². The second-order valence-electron chi connectivity index (χ2n) is 9.85. The highest BCUT2D eigenvalue weighted by molar-refractivity contribution is 6.74. The second kappa shape index (κ2) is 9.75. The molecule has 0 aliphatic rings. The summed E-state index contributed by atoms with van der Waals surface area (Å²) in [6.45, 7) is 9.85. The zero-order chi connectivity index (χ0) is 27.1. The molecule has 198 valence electrons. The predicted octanol–water partition coefficient (Wildman–Crippen LogP) is 3.50. The summed E-state index contributed by atoms with van der Waals surface area (Å²) in [6.07, 6.45) is -5.99. The van der Waals surface area contributed by atoms with Gasteiger partial charge >= 0.3 is 18.1 Å². The summed E-state index contributed by atoms with van der Waals surface area (Å²) in [5.41, 5.74) is -1.55. The first kappa shape index (κ1) is 27.5. The molecule has 0 aliphatic carbocycles. The molecule has 0 radical (unpaired) electrons. The molecule has 0 saturated heterocycles. The summed E-state index contributed by atoms with van der Waals surface area (Å²) >= 11 is 0. The van der Waals surface area contributed by atoms with Gasteiger partial charge in [0.05, 0.1) is 19.3 Å². The number of ether oxygens (including phenoxy) is 2. The first-order valence-corrected chi connectivity index (χ1v) is 13.9. The molecule has 0 saturated carbocycles. The quantitative estimate of drug-likeness (QED) is 0.428. The average Bonchev–Trinajstić information content (AvgIpc) is 3.16. The van der Waals surface area contributed by atoms with Crippen LogP contribution >= 0.6 is 0 Å². The number of aromatic nitrogens is 4. The Bertz CT molecular complexity index is 1360. The number of benzene rings is 1. The SMILES string of the molecule is Cn1c(=O)n(CC(O)CO[Si](C)(C)C(C)(C)C)c(=O)c2[nH]c(Oc3cccc(OC(F)(F)F)c3)nc21. The van der Waals surface area contributed by atoms with Crippen LogP contribution in [0.1, 0.15) is 20.8 Å². The number of rotatable bonds is 8. The molecule has 2 aromatic heterocycles. The molecule has 0 aliphatic heterocycles. The van der Waals surface area contributed by atoms with Crippen LogP contribution in [0.5, 0.6) is 17.5 Å². The Morgan fingerprint density at radius 3 is 2.42 bits per heavy atom. The van der Waals surface area contributed by atoms with Crippen molar-refractivity contribution in [3.8, 4) is 17.5 Å². The third-order valence-electron chi connectivity index (χ3n) is 6.05. The maximum atomic E-state index is 13.0. The summed E-state index contributed by atoms with van der Waals surface area (Å²) < 4.78 is 54.7. The Labute approximate surface area is 205 Å². The van der Waals surface area contributed by atoms with Gasteiger partial charge in [0.1, 0.15) is 11.5 Å². The van der Waals surface area contributed by atoms with E-state index in [1.807, 2.05) is 13.1 Å². The van der Waals surface area contributed by atoms with E-state index in [9.17, 15) is 27.9 Å². The molecule has 3 aromatic rings. The van der Waals surface area contributed by atoms with Crippen molar-refractivity contribution in [3.63, 3.8) is 0 Å². The van der Waals surface area contributed by atoms with E-state index in [0.717, 1.165) is 21.3 Å². The number of imidazole rings is 1. The van der Waals surface area contributed by atoms with Gasteiger partial charge in [0, 0.05) is 13.1 Å². The lowest BCUT2D eigenvalue weighted by Crippen LogP contribution is -2.45. The van der Waals surface area contributed by atoms with Crippen molar-refractivity contribution in [1.82, 2.24) is 19.1 Å². The van der Waals surface area contributed by atoms with Crippen LogP contribution in [0.2, 0.25) is 18.1 Å². The van der Waals surface area contributed by atoms with Crippen molar-refractivity contribution >= 4 is 19.5 Å². The highest BCUT2D eigenvalue weighted by Crippen LogP contribution is 2.36. The molecular formula is C22H29F3N4O6Si. The van der Waals surface area contributed by atoms with E-state index in [4.69, 9.17) is 9.16 Å². The van der Waals surface area contributed by atoms with Crippen LogP contribution in [0.3, 0.4) is 0 Å². The molecule has 2 heterocycles. The van der Waals surface area contributed by atoms with Gasteiger partial charge in [0.2, 0.25) is 0 Å². The van der Waals surface area contributed by atoms with Gasteiger partial charge in [-0.3, -0.25) is 13.9 Å². The van der Waals surface area contributed by atoms with Crippen molar-refractivity contribution in [2.45, 2.75) is 57.9 Å². The minimum absolute atomic E-state index is 0.0223. The molecule has 0 bridgehead atoms. The maximum absolute atomic E-state index is 13.0. The monoisotopic (exact) mass is 530 g/mol. The van der Waals surface area contributed by atoms with Crippen LogP contribution in [0.15, 0.2) is 33.9 Å². The largest absolute Gasteiger partial charge is 0.573 e. The standard InChI is InChI=1S/C22H29F3N4O6Si/c1-21(2,3)36(5,6)33-12-13(30)11-29-18(31)16-17(28(4)20(29)32)27-19(26-16)34-14-8-7-9-15(10-14)35-22(23,24)25/h7-10,13,30H,11-12H2,1-6H3,(H,26,27). The highest BCUT2D eigenvalue weighted by Gasteiger charge is 2.37. The minimum atomic E-state index is -4.87. The van der Waals surface area contributed by atoms with E-state index < -0.39 is 37.8 Å². The average molecular weight is 531 g/mol. The number of halogens is 3. The molecular weight excluding hydrogens is 501 g/mol. The van der Waals surface area contributed by atoms with Gasteiger partial charge in [0.15, 0.2) is 19.5 Å². The molecule has 0 spiro atoms. The van der Waals surface area contributed by atoms with Gasteiger partial charge in [0.25, 0.3) is 5.56 Å². The molecule has 0 fully saturated rings. The summed E-state index contributed by atoms with van der Waals surface area (Å²) in [5.74, 6) is -0.542. The Balaban J connectivity index is 1.85. The number of aromatic amines is 1. The molecule has 1 atom stereocenters. The van der Waals surface area contributed by atoms with Gasteiger partial charge in [-0.05, 0) is 30.3 Å². The predicted molar refractivity (Wildman–Crippen MR) is 128 cm³/mol. The smallest absolute Gasteiger partial charge is 0.425 e. The van der Waals surface area contributed by atoms with Crippen molar-refractivity contribution in [2.75, 3.05) is 6.61 Å². The van der Waals surface area contributed by atoms with E-state index >= 15 is 0 Å². The lowest BCUT2D eigenvalue weighted by molar-refractivity contribution is -0.274. The minimum Gasteiger partial charge on any atom is -0.425 e. The number of alkyl halides is 3. The van der Waals surface area contributed by atoms with Crippen LogP contribution in [-0.4, -0.2) is 51.6 Å². The topological polar surface area (TPSA) is 121 Å². The molecule has 14 heteroatoms. The van der Waals surface area contributed by atoms with Crippen molar-refractivity contribution in [1.29, 1.82) is 0 Å². The van der Waals surface area contributed by atoms with E-state index in [1.165, 1.54) is 19.2 Å². The van der Waals surface area contributed by atoms with Gasteiger partial charge in [-0.2, -0.15) is 4.98 Å². The number of fused-ring (bicyclic) bond motifs is 1. The lowest BCUT2D eigenvalue weighted by atomic mass is 10.2. The molecule has 3 rings (SSSR count). The second-order valence-corrected chi connectivity index (χ2v) is 14.7. The summed E-state index contributed by atoms with van der Waals surface area (Å²) in [7, 11) is -0.762. The maximum Gasteiger partial charge on any atom is 0.573 e. The molecule has 10 nitrogen and oxygen atoms in total. The normalized spacial score (nSPS) is 13.7. The van der Waals surface area contributed by atoms with Crippen molar-refractivity contribution in [2.24, 2.45) is 7.05 Å². The number of aryl methyl sites for hydroxylation is 1. The molecule has 36 heavy (non-hydrogen) atoms. The van der Waals surface area contributed by atoms with Crippen LogP contribution in [0.4, 0.5) is 13.2 Å². The number of hydrogen-bond acceptors (Lipinski definition) is 7. The Hall–Kier alpha value is -3.10. The van der Waals surface area contributed by atoms with Gasteiger partial charge in [-0.15, -0.1) is 13.2 Å². The Kier molecular flexibility index (Phi) is 7.44. The third-order valence-corrected chi connectivity index (χ3v) is 10.5. The van der Waals surface area contributed by atoms with E-state index in [1.54, 1.807) is 0 Å². The molecule has 0 amide bonds. The number of aliphatic hydroxyl groups is 1. The zero-order valence-corrected chi connectivity index (χ0v) is 21.8. The van der Waals surface area contributed by atoms with Gasteiger partial charge in [-0.1, -0.05) is 26.8 Å². The first-order valence-electron chi connectivity index (χ1n) is 11.0. The highest BCUT2D eigenvalue weighted by atomic mass is 28.4. The van der Waals surface area contributed by atoms with Crippen LogP contribution < -0.4 is 20.7 Å². The summed E-state index contributed by atoms with van der Waals surface area (Å²) in [6, 6.07) is 4.53. The number of H-pyrrole nitrogens is 1. The van der Waals surface area contributed by atoms with Crippen molar-refractivity contribution in [3.05, 3.63) is 45.1 Å². The summed E-state index contributed by atoms with van der Waals surface area (Å²) in [4.78, 5) is 32.5. The van der Waals surface area contributed by atoms with E-state index in [-0.39, 0.29) is 41.1 Å². The van der Waals surface area contributed by atoms with Gasteiger partial charge in [-0.25, -0.2) is 4.79 Å². The van der Waals surface area contributed by atoms with E-state index in [0.29, 0.717) is 0 Å². The molecule has 1 aromatic carbocycles. The van der Waals surface area contributed by atoms with E-state index in [2.05, 4.69) is 35.5 Å². The fourth-order valence-electron chi connectivity index (χ4n) is 3.07. The molecule has 1 unspecified atom stereocenters. The fourth-order valence-corrected chi connectivity index (χ4v) is 4.11.